The molecule has 2 aromatic rings. The van der Waals surface area contributed by atoms with Crippen LogP contribution in [0.3, 0.4) is 0 Å². The fraction of sp³-hybridized carbons (Fsp3) is 0.235. The minimum atomic E-state index is -4.01. The first-order valence-electron chi connectivity index (χ1n) is 8.09. The summed E-state index contributed by atoms with van der Waals surface area (Å²) in [5, 5.41) is 9.13. The molecule has 0 saturated carbocycles. The average molecular weight is 410 g/mol. The second-order valence-corrected chi connectivity index (χ2v) is 9.76. The summed E-state index contributed by atoms with van der Waals surface area (Å²) in [5.41, 5.74) is 1.13. The molecule has 1 heterocycles. The molecule has 0 unspecified atom stereocenters. The fourth-order valence-corrected chi connectivity index (χ4v) is 5.43. The molecular formula is C17H18N2O6S2. The van der Waals surface area contributed by atoms with Crippen LogP contribution in [0.1, 0.15) is 22.3 Å². The third-order valence-corrected chi connectivity index (χ3v) is 7.60. The topological polar surface area (TPSA) is 121 Å². The third-order valence-electron chi connectivity index (χ3n) is 4.37. The monoisotopic (exact) mass is 410 g/mol. The highest BCUT2D eigenvalue weighted by Crippen LogP contribution is 2.33. The van der Waals surface area contributed by atoms with Crippen LogP contribution in [0, 0.1) is 0 Å². The van der Waals surface area contributed by atoms with E-state index in [-0.39, 0.29) is 21.9 Å². The number of hydrogen-bond acceptors (Lipinski definition) is 5. The lowest BCUT2D eigenvalue weighted by Gasteiger charge is -2.30. The summed E-state index contributed by atoms with van der Waals surface area (Å²) in [7, 11) is -6.54. The van der Waals surface area contributed by atoms with Crippen LogP contribution in [0.2, 0.25) is 0 Å². The predicted molar refractivity (Wildman–Crippen MR) is 98.9 cm³/mol. The summed E-state index contributed by atoms with van der Waals surface area (Å²) in [4.78, 5) is 10.9. The molecule has 0 bridgehead atoms. The van der Waals surface area contributed by atoms with E-state index in [9.17, 15) is 21.6 Å². The summed E-state index contributed by atoms with van der Waals surface area (Å²) < 4.78 is 53.6. The molecule has 0 atom stereocenters. The molecule has 1 aliphatic rings. The zero-order valence-electron chi connectivity index (χ0n) is 14.4. The highest BCUT2D eigenvalue weighted by atomic mass is 32.2. The Hall–Kier alpha value is -2.43. The number of fused-ring (bicyclic) bond motifs is 1. The Labute approximate surface area is 157 Å². The van der Waals surface area contributed by atoms with E-state index in [2.05, 4.69) is 4.72 Å². The van der Waals surface area contributed by atoms with Gasteiger partial charge in [-0.1, -0.05) is 6.07 Å². The van der Waals surface area contributed by atoms with E-state index in [1.165, 1.54) is 47.8 Å². The van der Waals surface area contributed by atoms with Crippen LogP contribution in [0.5, 0.6) is 0 Å². The van der Waals surface area contributed by atoms with Gasteiger partial charge in [0.1, 0.15) is 0 Å². The van der Waals surface area contributed by atoms with Crippen molar-refractivity contribution >= 4 is 31.7 Å². The fourth-order valence-electron chi connectivity index (χ4n) is 2.99. The van der Waals surface area contributed by atoms with Crippen LogP contribution in [-0.2, 0) is 26.5 Å². The largest absolute Gasteiger partial charge is 0.478 e. The van der Waals surface area contributed by atoms with E-state index in [0.29, 0.717) is 24.1 Å². The molecule has 0 amide bonds. The van der Waals surface area contributed by atoms with Crippen LogP contribution in [0.25, 0.3) is 0 Å². The third kappa shape index (κ3) is 3.55. The van der Waals surface area contributed by atoms with Gasteiger partial charge < -0.3 is 5.11 Å². The van der Waals surface area contributed by atoms with Gasteiger partial charge in [0.25, 0.3) is 10.0 Å². The molecule has 0 aromatic heterocycles. The van der Waals surface area contributed by atoms with E-state index in [1.54, 1.807) is 0 Å². The zero-order chi connectivity index (χ0) is 19.8. The molecule has 0 aliphatic carbocycles. The van der Waals surface area contributed by atoms with Gasteiger partial charge in [0.2, 0.25) is 10.0 Å². The lowest BCUT2D eigenvalue weighted by atomic mass is 10.0. The van der Waals surface area contributed by atoms with E-state index in [0.717, 1.165) is 6.07 Å². The maximum absolute atomic E-state index is 13.1. The van der Waals surface area contributed by atoms with Gasteiger partial charge in [-0.25, -0.2) is 26.4 Å². The first-order chi connectivity index (χ1) is 12.7. The standard InChI is InChI=1S/C17H18N2O6S2/c1-18-26(22,23)14-5-2-6-15(11-14)27(24,25)19-9-3-4-12-10-13(17(20)21)7-8-16(12)19/h2,5-8,10-11,18H,3-4,9H2,1H3,(H,20,21). The van der Waals surface area contributed by atoms with Gasteiger partial charge in [0, 0.05) is 6.54 Å². The summed E-state index contributed by atoms with van der Waals surface area (Å²) in [6.07, 6.45) is 1.10. The van der Waals surface area contributed by atoms with Crippen molar-refractivity contribution < 1.29 is 26.7 Å². The van der Waals surface area contributed by atoms with Crippen molar-refractivity contribution in [1.29, 1.82) is 0 Å². The van der Waals surface area contributed by atoms with E-state index in [1.807, 2.05) is 0 Å². The van der Waals surface area contributed by atoms with Crippen molar-refractivity contribution in [3.63, 3.8) is 0 Å². The van der Waals surface area contributed by atoms with Crippen molar-refractivity contribution in [1.82, 2.24) is 4.72 Å². The van der Waals surface area contributed by atoms with Crippen molar-refractivity contribution in [2.75, 3.05) is 17.9 Å². The average Bonchev–Trinajstić information content (AvgIpc) is 2.67. The van der Waals surface area contributed by atoms with Crippen molar-refractivity contribution in [3.05, 3.63) is 53.6 Å². The van der Waals surface area contributed by atoms with Crippen LogP contribution >= 0.6 is 0 Å². The molecular weight excluding hydrogens is 392 g/mol. The normalized spacial score (nSPS) is 14.6. The number of hydrogen-bond donors (Lipinski definition) is 2. The van der Waals surface area contributed by atoms with Gasteiger partial charge in [-0.3, -0.25) is 4.31 Å². The Morgan fingerprint density at radius 1 is 1.07 bits per heavy atom. The van der Waals surface area contributed by atoms with Crippen LogP contribution < -0.4 is 9.03 Å². The maximum Gasteiger partial charge on any atom is 0.335 e. The number of rotatable bonds is 5. The first-order valence-corrected chi connectivity index (χ1v) is 11.0. The SMILES string of the molecule is CNS(=O)(=O)c1cccc(S(=O)(=O)N2CCCc3cc(C(=O)O)ccc32)c1. The Bertz CT molecular complexity index is 1110. The zero-order valence-corrected chi connectivity index (χ0v) is 16.0. The number of carbonyl (C=O) groups is 1. The van der Waals surface area contributed by atoms with Gasteiger partial charge in [-0.2, -0.15) is 0 Å². The Morgan fingerprint density at radius 2 is 1.78 bits per heavy atom. The second kappa shape index (κ2) is 6.95. The molecule has 0 spiro atoms. The number of aromatic carboxylic acids is 1. The van der Waals surface area contributed by atoms with E-state index < -0.39 is 26.0 Å². The van der Waals surface area contributed by atoms with Gasteiger partial charge in [-0.05, 0) is 61.9 Å². The van der Waals surface area contributed by atoms with Gasteiger partial charge in [0.05, 0.1) is 21.0 Å². The molecule has 144 valence electrons. The molecule has 0 fully saturated rings. The molecule has 1 aliphatic heterocycles. The summed E-state index contributed by atoms with van der Waals surface area (Å²) >= 11 is 0. The number of anilines is 1. The number of nitrogens with one attached hydrogen (secondary N) is 1. The molecule has 2 N–H and O–H groups in total. The number of benzene rings is 2. The van der Waals surface area contributed by atoms with Crippen molar-refractivity contribution in [3.8, 4) is 0 Å². The summed E-state index contributed by atoms with van der Waals surface area (Å²) in [5.74, 6) is -1.08. The van der Waals surface area contributed by atoms with E-state index in [4.69, 9.17) is 5.11 Å². The number of carboxylic acid groups (broad SMARTS) is 1. The van der Waals surface area contributed by atoms with Gasteiger partial charge >= 0.3 is 5.97 Å². The number of carboxylic acids is 1. The molecule has 8 nitrogen and oxygen atoms in total. The molecule has 0 saturated heterocycles. The smallest absolute Gasteiger partial charge is 0.335 e. The molecule has 10 heteroatoms. The van der Waals surface area contributed by atoms with Crippen LogP contribution in [0.15, 0.2) is 52.3 Å². The van der Waals surface area contributed by atoms with Gasteiger partial charge in [-0.15, -0.1) is 0 Å². The molecule has 2 aromatic carbocycles. The maximum atomic E-state index is 13.1. The van der Waals surface area contributed by atoms with Crippen molar-refractivity contribution in [2.45, 2.75) is 22.6 Å². The summed E-state index contributed by atoms with van der Waals surface area (Å²) in [6.45, 7) is 0.227. The lowest BCUT2D eigenvalue weighted by Crippen LogP contribution is -2.35. The number of nitrogens with zero attached hydrogens (tertiary/aromatic N) is 1. The van der Waals surface area contributed by atoms with Crippen LogP contribution in [0.4, 0.5) is 5.69 Å². The minimum absolute atomic E-state index is 0.0927. The highest BCUT2D eigenvalue weighted by Gasteiger charge is 2.30. The highest BCUT2D eigenvalue weighted by molar-refractivity contribution is 7.93. The Morgan fingerprint density at radius 3 is 2.44 bits per heavy atom. The molecule has 27 heavy (non-hydrogen) atoms. The van der Waals surface area contributed by atoms with Crippen LogP contribution in [-0.4, -0.2) is 41.5 Å². The first kappa shape index (κ1) is 19.3. The van der Waals surface area contributed by atoms with E-state index >= 15 is 0 Å². The molecule has 3 rings (SSSR count). The second-order valence-electron chi connectivity index (χ2n) is 6.01. The lowest BCUT2D eigenvalue weighted by molar-refractivity contribution is 0.0696. The number of aryl methyl sites for hydroxylation is 1. The predicted octanol–water partition coefficient (Wildman–Crippen LogP) is 1.43. The Kier molecular flexibility index (Phi) is 4.98. The summed E-state index contributed by atoms with van der Waals surface area (Å²) in [6, 6.07) is 9.44. The van der Waals surface area contributed by atoms with Gasteiger partial charge in [0.15, 0.2) is 0 Å². The quantitative estimate of drug-likeness (QED) is 0.769. The molecule has 0 radical (unpaired) electrons. The Balaban J connectivity index is 2.08. The number of sulfonamides is 2. The minimum Gasteiger partial charge on any atom is -0.478 e. The van der Waals surface area contributed by atoms with Crippen molar-refractivity contribution in [2.24, 2.45) is 0 Å².